The second-order valence-corrected chi connectivity index (χ2v) is 6.28. The van der Waals surface area contributed by atoms with Crippen molar-refractivity contribution in [3.8, 4) is 0 Å². The van der Waals surface area contributed by atoms with Crippen molar-refractivity contribution in [3.05, 3.63) is 72.4 Å². The molecule has 0 fully saturated rings. The minimum Gasteiger partial charge on any atom is -0.362 e. The maximum Gasteiger partial charge on any atom is 0.271 e. The Balaban J connectivity index is 1.71. The van der Waals surface area contributed by atoms with Gasteiger partial charge in [-0.05, 0) is 23.8 Å². The number of amides is 1. The third-order valence-corrected chi connectivity index (χ3v) is 4.72. The van der Waals surface area contributed by atoms with Gasteiger partial charge in [0, 0.05) is 29.4 Å². The Morgan fingerprint density at radius 1 is 1.09 bits per heavy atom. The number of benzene rings is 2. The highest BCUT2D eigenvalue weighted by Crippen LogP contribution is 2.28. The van der Waals surface area contributed by atoms with Crippen LogP contribution in [0, 0.1) is 0 Å². The van der Waals surface area contributed by atoms with E-state index in [1.54, 1.807) is 0 Å². The molecule has 2 aromatic carbocycles. The van der Waals surface area contributed by atoms with Crippen LogP contribution < -0.4 is 5.32 Å². The summed E-state index contributed by atoms with van der Waals surface area (Å²) in [5.41, 5.74) is 2.55. The van der Waals surface area contributed by atoms with Gasteiger partial charge in [-0.3, -0.25) is 4.79 Å². The molecule has 0 aromatic heterocycles. The van der Waals surface area contributed by atoms with Gasteiger partial charge in [0.05, 0.1) is 5.70 Å². The Morgan fingerprint density at radius 3 is 2.64 bits per heavy atom. The molecule has 0 atom stereocenters. The fourth-order valence-electron chi connectivity index (χ4n) is 2.42. The number of thioether (sulfide) groups is 1. The van der Waals surface area contributed by atoms with Crippen LogP contribution in [0.2, 0.25) is 0 Å². The molecule has 1 heterocycles. The van der Waals surface area contributed by atoms with Crippen molar-refractivity contribution in [3.63, 3.8) is 0 Å². The van der Waals surface area contributed by atoms with Gasteiger partial charge in [-0.1, -0.05) is 43.0 Å². The number of carbonyl (C=O) groups is 1. The van der Waals surface area contributed by atoms with Gasteiger partial charge in [-0.2, -0.15) is 0 Å². The summed E-state index contributed by atoms with van der Waals surface area (Å²) >= 11 is 1.83. The van der Waals surface area contributed by atoms with Gasteiger partial charge in [0.25, 0.3) is 5.91 Å². The van der Waals surface area contributed by atoms with Crippen molar-refractivity contribution >= 4 is 23.4 Å². The lowest BCUT2D eigenvalue weighted by atomic mass is 10.2. The third kappa shape index (κ3) is 3.34. The average molecular weight is 310 g/mol. The molecule has 3 nitrogen and oxygen atoms in total. The van der Waals surface area contributed by atoms with Crippen molar-refractivity contribution in [2.75, 3.05) is 17.6 Å². The number of rotatable bonds is 3. The molecule has 0 spiro atoms. The molecule has 1 aliphatic heterocycles. The zero-order chi connectivity index (χ0) is 15.4. The molecule has 0 unspecified atom stereocenters. The van der Waals surface area contributed by atoms with E-state index in [0.717, 1.165) is 24.5 Å². The fraction of sp³-hybridized carbons (Fsp3) is 0.167. The van der Waals surface area contributed by atoms with E-state index in [-0.39, 0.29) is 5.91 Å². The van der Waals surface area contributed by atoms with Crippen LogP contribution in [0.25, 0.3) is 0 Å². The first-order valence-corrected chi connectivity index (χ1v) is 8.23. The summed E-state index contributed by atoms with van der Waals surface area (Å²) in [4.78, 5) is 15.7. The number of para-hydroxylation sites is 1. The summed E-state index contributed by atoms with van der Waals surface area (Å²) in [7, 11) is 0. The second kappa shape index (κ2) is 6.71. The summed E-state index contributed by atoms with van der Waals surface area (Å²) in [6.45, 7) is 5.54. The Bertz CT molecular complexity index is 684. The maximum absolute atomic E-state index is 12.4. The number of nitrogens with zero attached hydrogens (tertiary/aromatic N) is 1. The minimum atomic E-state index is -0.143. The summed E-state index contributed by atoms with van der Waals surface area (Å²) in [5.74, 6) is 0.810. The SMILES string of the molecule is C=C(C(=O)Nc1ccccc1)N1CCSc2ccccc2C1. The predicted octanol–water partition coefficient (Wildman–Crippen LogP) is 3.75. The lowest BCUT2D eigenvalue weighted by molar-refractivity contribution is -0.114. The highest BCUT2D eigenvalue weighted by molar-refractivity contribution is 7.99. The van der Waals surface area contributed by atoms with Crippen LogP contribution in [-0.2, 0) is 11.3 Å². The van der Waals surface area contributed by atoms with Gasteiger partial charge >= 0.3 is 0 Å². The Kier molecular flexibility index (Phi) is 4.49. The zero-order valence-electron chi connectivity index (χ0n) is 12.3. The van der Waals surface area contributed by atoms with E-state index in [0.29, 0.717) is 5.70 Å². The standard InChI is InChI=1S/C18H18N2OS/c1-14(18(21)19-16-8-3-2-4-9-16)20-11-12-22-17-10-6-5-7-15(17)13-20/h2-10H,1,11-13H2,(H,19,21). The molecule has 0 bridgehead atoms. The van der Waals surface area contributed by atoms with Gasteiger partial charge in [-0.25, -0.2) is 0 Å². The quantitative estimate of drug-likeness (QED) is 0.876. The van der Waals surface area contributed by atoms with Crippen LogP contribution in [-0.4, -0.2) is 23.1 Å². The molecule has 112 valence electrons. The van der Waals surface area contributed by atoms with Crippen LogP contribution in [0.4, 0.5) is 5.69 Å². The van der Waals surface area contributed by atoms with Crippen molar-refractivity contribution in [1.29, 1.82) is 0 Å². The first-order chi connectivity index (χ1) is 10.7. The lowest BCUT2D eigenvalue weighted by Gasteiger charge is -2.24. The number of carbonyl (C=O) groups excluding carboxylic acids is 1. The molecule has 3 rings (SSSR count). The number of anilines is 1. The normalized spacial score (nSPS) is 13.9. The number of fused-ring (bicyclic) bond motifs is 1. The van der Waals surface area contributed by atoms with Crippen molar-refractivity contribution in [2.45, 2.75) is 11.4 Å². The van der Waals surface area contributed by atoms with Gasteiger partial charge in [0.2, 0.25) is 0 Å². The third-order valence-electron chi connectivity index (χ3n) is 3.63. The van der Waals surface area contributed by atoms with E-state index >= 15 is 0 Å². The largest absolute Gasteiger partial charge is 0.362 e. The monoisotopic (exact) mass is 310 g/mol. The fourth-order valence-corrected chi connectivity index (χ4v) is 3.45. The van der Waals surface area contributed by atoms with Crippen molar-refractivity contribution < 1.29 is 4.79 Å². The lowest BCUT2D eigenvalue weighted by Crippen LogP contribution is -2.31. The molecule has 0 aliphatic carbocycles. The summed E-state index contributed by atoms with van der Waals surface area (Å²) in [6, 6.07) is 17.8. The smallest absolute Gasteiger partial charge is 0.271 e. The van der Waals surface area contributed by atoms with E-state index in [2.05, 4.69) is 35.0 Å². The first-order valence-electron chi connectivity index (χ1n) is 7.25. The molecule has 2 aromatic rings. The van der Waals surface area contributed by atoms with Crippen LogP contribution in [0.5, 0.6) is 0 Å². The van der Waals surface area contributed by atoms with E-state index < -0.39 is 0 Å². The maximum atomic E-state index is 12.4. The highest BCUT2D eigenvalue weighted by Gasteiger charge is 2.19. The van der Waals surface area contributed by atoms with E-state index in [9.17, 15) is 4.79 Å². The Hall–Kier alpha value is -2.20. The number of hydrogen-bond donors (Lipinski definition) is 1. The molecule has 0 radical (unpaired) electrons. The van der Waals surface area contributed by atoms with Crippen LogP contribution in [0.1, 0.15) is 5.56 Å². The van der Waals surface area contributed by atoms with Crippen LogP contribution in [0.3, 0.4) is 0 Å². The molecule has 0 saturated heterocycles. The first kappa shape index (κ1) is 14.7. The molecule has 1 amide bonds. The molecule has 22 heavy (non-hydrogen) atoms. The number of hydrogen-bond acceptors (Lipinski definition) is 3. The topological polar surface area (TPSA) is 32.3 Å². The Morgan fingerprint density at radius 2 is 1.82 bits per heavy atom. The van der Waals surface area contributed by atoms with Crippen molar-refractivity contribution in [1.82, 2.24) is 4.90 Å². The summed E-state index contributed by atoms with van der Waals surface area (Å²) in [6.07, 6.45) is 0. The van der Waals surface area contributed by atoms with Gasteiger partial charge in [-0.15, -0.1) is 11.8 Å². The second-order valence-electron chi connectivity index (χ2n) is 5.14. The molecular weight excluding hydrogens is 292 g/mol. The van der Waals surface area contributed by atoms with E-state index in [1.165, 1.54) is 10.5 Å². The summed E-state index contributed by atoms with van der Waals surface area (Å²) < 4.78 is 0. The molecule has 4 heteroatoms. The zero-order valence-corrected chi connectivity index (χ0v) is 13.1. The molecular formula is C18H18N2OS. The minimum absolute atomic E-state index is 0.143. The highest BCUT2D eigenvalue weighted by atomic mass is 32.2. The van der Waals surface area contributed by atoms with E-state index in [4.69, 9.17) is 0 Å². The Labute approximate surface area is 135 Å². The average Bonchev–Trinajstić information content (AvgIpc) is 2.77. The number of nitrogens with one attached hydrogen (secondary N) is 1. The van der Waals surface area contributed by atoms with Gasteiger partial charge in [0.1, 0.15) is 0 Å². The molecule has 1 aliphatic rings. The summed E-state index contributed by atoms with van der Waals surface area (Å²) in [5, 5.41) is 2.90. The molecule has 1 N–H and O–H groups in total. The predicted molar refractivity (Wildman–Crippen MR) is 91.8 cm³/mol. The van der Waals surface area contributed by atoms with Crippen molar-refractivity contribution in [2.24, 2.45) is 0 Å². The van der Waals surface area contributed by atoms with Crippen LogP contribution in [0.15, 0.2) is 71.8 Å². The van der Waals surface area contributed by atoms with Crippen LogP contribution >= 0.6 is 11.8 Å². The molecule has 0 saturated carbocycles. The van der Waals surface area contributed by atoms with Gasteiger partial charge in [0.15, 0.2) is 0 Å². The van der Waals surface area contributed by atoms with Gasteiger partial charge < -0.3 is 10.2 Å². The van der Waals surface area contributed by atoms with E-state index in [1.807, 2.05) is 48.2 Å².